The first-order valence-corrected chi connectivity index (χ1v) is 16.1. The van der Waals surface area contributed by atoms with Crippen LogP contribution in [0.4, 0.5) is 22.7 Å². The van der Waals surface area contributed by atoms with Crippen molar-refractivity contribution in [2.45, 2.75) is 85.5 Å². The molecular weight excluding hydrogens is 548 g/mol. The third kappa shape index (κ3) is 7.36. The van der Waals surface area contributed by atoms with E-state index >= 15 is 0 Å². The van der Waals surface area contributed by atoms with Gasteiger partial charge < -0.3 is 15.0 Å². The van der Waals surface area contributed by atoms with E-state index in [0.717, 1.165) is 34.2 Å². The zero-order valence-corrected chi connectivity index (χ0v) is 28.9. The molecule has 0 aromatic heterocycles. The van der Waals surface area contributed by atoms with E-state index in [1.807, 2.05) is 12.1 Å². The number of nitrogens with zero attached hydrogens (tertiary/aromatic N) is 1. The lowest BCUT2D eigenvalue weighted by Crippen LogP contribution is -2.22. The third-order valence-electron chi connectivity index (χ3n) is 8.51. The molecule has 1 aliphatic heterocycles. The van der Waals surface area contributed by atoms with Gasteiger partial charge in [0.25, 0.3) is 0 Å². The number of para-hydroxylation sites is 1. The predicted octanol–water partition coefficient (Wildman–Crippen LogP) is 11.8. The predicted molar refractivity (Wildman–Crippen MR) is 195 cm³/mol. The van der Waals surface area contributed by atoms with Gasteiger partial charge in [-0.05, 0) is 94.5 Å². The molecule has 0 amide bonds. The highest BCUT2D eigenvalue weighted by Gasteiger charge is 2.25. The molecule has 0 spiro atoms. The minimum atomic E-state index is 0.0411. The van der Waals surface area contributed by atoms with Crippen molar-refractivity contribution >= 4 is 28.3 Å². The van der Waals surface area contributed by atoms with Crippen LogP contribution < -0.4 is 15.0 Å². The van der Waals surface area contributed by atoms with Crippen molar-refractivity contribution < 1.29 is 4.74 Å². The molecule has 1 aliphatic rings. The number of hydrogen-bond acceptors (Lipinski definition) is 3. The summed E-state index contributed by atoms with van der Waals surface area (Å²) in [5.41, 5.74) is 12.2. The van der Waals surface area contributed by atoms with E-state index in [-0.39, 0.29) is 16.2 Å². The standard InChI is InChI=1S/C42H50N2O/c1-29(18-19-30-28-45-39-17-12-11-16-36(30)39)44(34-23-20-31(21-24-34)40(2,3)4)35-15-13-14-32(26-35)43-33-22-25-37(41(5,6)7)38(27-33)42(8,9)10/h11-27,43H,28H2,1-10H3/b29-18+,30-19+. The highest BCUT2D eigenvalue weighted by Crippen LogP contribution is 2.38. The Bertz CT molecular complexity index is 1720. The number of benzene rings is 4. The van der Waals surface area contributed by atoms with Gasteiger partial charge >= 0.3 is 0 Å². The molecule has 0 saturated heterocycles. The molecule has 3 nitrogen and oxygen atoms in total. The molecule has 45 heavy (non-hydrogen) atoms. The number of hydrogen-bond donors (Lipinski definition) is 1. The van der Waals surface area contributed by atoms with Gasteiger partial charge in [0.15, 0.2) is 0 Å². The molecule has 0 atom stereocenters. The number of anilines is 4. The van der Waals surface area contributed by atoms with Crippen LogP contribution in [-0.2, 0) is 16.2 Å². The lowest BCUT2D eigenvalue weighted by atomic mass is 9.75. The topological polar surface area (TPSA) is 24.5 Å². The summed E-state index contributed by atoms with van der Waals surface area (Å²) in [5, 5.41) is 3.72. The van der Waals surface area contributed by atoms with Crippen LogP contribution in [-0.4, -0.2) is 6.61 Å². The lowest BCUT2D eigenvalue weighted by molar-refractivity contribution is 0.388. The van der Waals surface area contributed by atoms with Crippen LogP contribution in [0.5, 0.6) is 5.75 Å². The van der Waals surface area contributed by atoms with Crippen LogP contribution in [0, 0.1) is 0 Å². The van der Waals surface area contributed by atoms with E-state index in [0.29, 0.717) is 6.61 Å². The Morgan fingerprint density at radius 2 is 1.33 bits per heavy atom. The van der Waals surface area contributed by atoms with Gasteiger partial charge in [-0.3, -0.25) is 0 Å². The summed E-state index contributed by atoms with van der Waals surface area (Å²) in [6.45, 7) is 23.3. The molecule has 1 heterocycles. The van der Waals surface area contributed by atoms with Gasteiger partial charge in [-0.25, -0.2) is 0 Å². The fourth-order valence-corrected chi connectivity index (χ4v) is 5.98. The van der Waals surface area contributed by atoms with Crippen LogP contribution in [0.2, 0.25) is 0 Å². The summed E-state index contributed by atoms with van der Waals surface area (Å²) in [5.74, 6) is 0.952. The SMILES string of the molecule is C/C(=C\C=C1/COc2ccccc21)N(c1ccc(C(C)(C)C)cc1)c1cccc(Nc2ccc(C(C)(C)C)c(C(C)(C)C)c2)c1. The van der Waals surface area contributed by atoms with Gasteiger partial charge in [0.05, 0.1) is 0 Å². The Hall–Kier alpha value is -4.24. The third-order valence-corrected chi connectivity index (χ3v) is 8.51. The number of rotatable bonds is 6. The van der Waals surface area contributed by atoms with Gasteiger partial charge in [0, 0.05) is 39.6 Å². The second-order valence-electron chi connectivity index (χ2n) is 15.4. The molecule has 4 aromatic carbocycles. The maximum Gasteiger partial charge on any atom is 0.127 e. The smallest absolute Gasteiger partial charge is 0.127 e. The molecule has 0 saturated carbocycles. The van der Waals surface area contributed by atoms with E-state index in [1.165, 1.54) is 27.8 Å². The minimum absolute atomic E-state index is 0.0411. The first-order chi connectivity index (χ1) is 21.1. The van der Waals surface area contributed by atoms with Crippen molar-refractivity contribution in [3.63, 3.8) is 0 Å². The molecule has 1 N–H and O–H groups in total. The maximum absolute atomic E-state index is 5.93. The Morgan fingerprint density at radius 1 is 0.667 bits per heavy atom. The van der Waals surface area contributed by atoms with Gasteiger partial charge in [-0.1, -0.05) is 111 Å². The number of nitrogens with one attached hydrogen (secondary N) is 1. The Kier molecular flexibility index (Phi) is 8.77. The van der Waals surface area contributed by atoms with Crippen molar-refractivity contribution in [2.24, 2.45) is 0 Å². The first kappa shape index (κ1) is 32.2. The molecule has 0 bridgehead atoms. The van der Waals surface area contributed by atoms with Crippen LogP contribution in [0.15, 0.2) is 109 Å². The maximum atomic E-state index is 5.93. The molecule has 4 aromatic rings. The molecule has 0 aliphatic carbocycles. The molecular formula is C42H50N2O. The quantitative estimate of drug-likeness (QED) is 0.239. The van der Waals surface area contributed by atoms with Crippen LogP contribution in [0.25, 0.3) is 5.57 Å². The van der Waals surface area contributed by atoms with Crippen molar-refractivity contribution in [1.29, 1.82) is 0 Å². The van der Waals surface area contributed by atoms with Crippen LogP contribution in [0.1, 0.15) is 91.5 Å². The van der Waals surface area contributed by atoms with Crippen LogP contribution >= 0.6 is 0 Å². The zero-order valence-electron chi connectivity index (χ0n) is 28.9. The van der Waals surface area contributed by atoms with Gasteiger partial charge in [-0.15, -0.1) is 0 Å². The highest BCUT2D eigenvalue weighted by molar-refractivity contribution is 5.77. The average molecular weight is 599 g/mol. The Labute approximate surface area is 271 Å². The fourth-order valence-electron chi connectivity index (χ4n) is 5.98. The summed E-state index contributed by atoms with van der Waals surface area (Å²) in [4.78, 5) is 2.33. The second-order valence-corrected chi connectivity index (χ2v) is 15.4. The monoisotopic (exact) mass is 598 g/mol. The summed E-state index contributed by atoms with van der Waals surface area (Å²) in [7, 11) is 0. The summed E-state index contributed by atoms with van der Waals surface area (Å²) < 4.78 is 5.93. The van der Waals surface area contributed by atoms with E-state index < -0.39 is 0 Å². The highest BCUT2D eigenvalue weighted by atomic mass is 16.5. The number of allylic oxidation sites excluding steroid dienone is 3. The van der Waals surface area contributed by atoms with E-state index in [2.05, 4.69) is 170 Å². The molecule has 0 fully saturated rings. The molecule has 0 unspecified atom stereocenters. The van der Waals surface area contributed by atoms with Crippen molar-refractivity contribution in [3.8, 4) is 5.75 Å². The normalized spacial score (nSPS) is 14.7. The van der Waals surface area contributed by atoms with Gasteiger partial charge in [-0.2, -0.15) is 0 Å². The minimum Gasteiger partial charge on any atom is -0.488 e. The van der Waals surface area contributed by atoms with Crippen molar-refractivity contribution in [1.82, 2.24) is 0 Å². The van der Waals surface area contributed by atoms with Gasteiger partial charge in [0.2, 0.25) is 0 Å². The van der Waals surface area contributed by atoms with E-state index in [4.69, 9.17) is 4.74 Å². The molecule has 234 valence electrons. The largest absolute Gasteiger partial charge is 0.488 e. The Morgan fingerprint density at radius 3 is 2.00 bits per heavy atom. The molecule has 3 heteroatoms. The Balaban J connectivity index is 1.53. The van der Waals surface area contributed by atoms with E-state index in [1.54, 1.807) is 0 Å². The van der Waals surface area contributed by atoms with Crippen LogP contribution in [0.3, 0.4) is 0 Å². The number of ether oxygens (including phenoxy) is 1. The fraction of sp³-hybridized carbons (Fsp3) is 0.333. The molecule has 5 rings (SSSR count). The number of fused-ring (bicyclic) bond motifs is 1. The average Bonchev–Trinajstić information content (AvgIpc) is 3.38. The van der Waals surface area contributed by atoms with Crippen molar-refractivity contribution in [2.75, 3.05) is 16.8 Å². The summed E-state index contributed by atoms with van der Waals surface area (Å²) in [6, 6.07) is 32.8. The summed E-state index contributed by atoms with van der Waals surface area (Å²) >= 11 is 0. The molecule has 0 radical (unpaired) electrons. The van der Waals surface area contributed by atoms with E-state index in [9.17, 15) is 0 Å². The second kappa shape index (κ2) is 12.3. The lowest BCUT2D eigenvalue weighted by Gasteiger charge is -2.31. The summed E-state index contributed by atoms with van der Waals surface area (Å²) in [6.07, 6.45) is 4.41. The zero-order chi connectivity index (χ0) is 32.6. The first-order valence-electron chi connectivity index (χ1n) is 16.1. The van der Waals surface area contributed by atoms with Crippen molar-refractivity contribution in [3.05, 3.63) is 131 Å². The van der Waals surface area contributed by atoms with Gasteiger partial charge in [0.1, 0.15) is 12.4 Å².